The van der Waals surface area contributed by atoms with Crippen LogP contribution in [0.2, 0.25) is 5.02 Å². The molecular weight excluding hydrogens is 721 g/mol. The van der Waals surface area contributed by atoms with Crippen molar-refractivity contribution in [1.29, 1.82) is 0 Å². The van der Waals surface area contributed by atoms with Gasteiger partial charge >= 0.3 is 30.0 Å². The molecule has 3 amide bonds. The van der Waals surface area contributed by atoms with Crippen LogP contribution >= 0.6 is 11.6 Å². The minimum Gasteiger partial charge on any atom is -0.480 e. The Labute approximate surface area is 304 Å². The van der Waals surface area contributed by atoms with Crippen molar-refractivity contribution in [2.45, 2.75) is 49.0 Å². The predicted octanol–water partition coefficient (Wildman–Crippen LogP) is 4.28. The lowest BCUT2D eigenvalue weighted by atomic mass is 10.1. The second-order valence-electron chi connectivity index (χ2n) is 12.5. The van der Waals surface area contributed by atoms with E-state index in [0.29, 0.717) is 30.0 Å². The zero-order chi connectivity index (χ0) is 37.8. The lowest BCUT2D eigenvalue weighted by Gasteiger charge is -2.19. The van der Waals surface area contributed by atoms with Gasteiger partial charge in [0.1, 0.15) is 6.04 Å². The largest absolute Gasteiger partial charge is 0.480 e. The van der Waals surface area contributed by atoms with Crippen molar-refractivity contribution in [2.75, 3.05) is 23.8 Å². The standard InChI is InChI=1S/C35H32ClF3N8O6/c36-22-10-8-21(9-11-22)34(14-15-34)47-32-44-31(45-33(46-32)53-18-35(37,38)39)41-23-12-6-20(7-13-23)27(48)43-26(30(51)52)17-40-28(49)29(50)42-25-16-24(25)19-4-2-1-3-5-19/h1-13,24-26H,14-18H2,(H,40,49)(H,42,50)(H,43,48)(H,51,52)(H2,41,44,45,46,47)/t24-,25+,26-/m0/s1. The van der Waals surface area contributed by atoms with Gasteiger partial charge in [-0.15, -0.1) is 0 Å². The van der Waals surface area contributed by atoms with Gasteiger partial charge in [0, 0.05) is 34.8 Å². The molecule has 2 aliphatic rings. The van der Waals surface area contributed by atoms with Crippen molar-refractivity contribution in [3.05, 3.63) is 101 Å². The molecule has 0 bridgehead atoms. The van der Waals surface area contributed by atoms with Crippen LogP contribution in [0.3, 0.4) is 0 Å². The molecule has 2 fully saturated rings. The molecule has 0 radical (unpaired) electrons. The Morgan fingerprint density at radius 1 is 0.906 bits per heavy atom. The van der Waals surface area contributed by atoms with Gasteiger partial charge in [0.25, 0.3) is 5.91 Å². The van der Waals surface area contributed by atoms with Crippen LogP contribution in [-0.4, -0.2) is 75.2 Å². The van der Waals surface area contributed by atoms with Crippen molar-refractivity contribution >= 4 is 52.9 Å². The van der Waals surface area contributed by atoms with Gasteiger partial charge in [-0.05, 0) is 66.8 Å². The Bertz CT molecular complexity index is 1980. The molecule has 6 rings (SSSR count). The van der Waals surface area contributed by atoms with Gasteiger partial charge in [0.2, 0.25) is 11.9 Å². The number of carboxylic acids is 1. The van der Waals surface area contributed by atoms with E-state index in [0.717, 1.165) is 11.1 Å². The summed E-state index contributed by atoms with van der Waals surface area (Å²) >= 11 is 6.02. The van der Waals surface area contributed by atoms with Crippen molar-refractivity contribution in [3.63, 3.8) is 0 Å². The first-order valence-corrected chi connectivity index (χ1v) is 16.7. The Morgan fingerprint density at radius 3 is 2.23 bits per heavy atom. The van der Waals surface area contributed by atoms with Gasteiger partial charge in [0.15, 0.2) is 6.61 Å². The van der Waals surface area contributed by atoms with E-state index < -0.39 is 60.6 Å². The molecular formula is C35H32ClF3N8O6. The minimum absolute atomic E-state index is 0.0393. The van der Waals surface area contributed by atoms with Crippen molar-refractivity contribution in [3.8, 4) is 6.01 Å². The summed E-state index contributed by atoms with van der Waals surface area (Å²) in [6, 6.07) is 19.8. The van der Waals surface area contributed by atoms with E-state index in [4.69, 9.17) is 16.3 Å². The number of hydrogen-bond donors (Lipinski definition) is 6. The van der Waals surface area contributed by atoms with E-state index in [2.05, 4.69) is 41.5 Å². The number of benzene rings is 3. The van der Waals surface area contributed by atoms with Crippen LogP contribution in [0.15, 0.2) is 78.9 Å². The number of halogens is 4. The van der Waals surface area contributed by atoms with Gasteiger partial charge in [0.05, 0.1) is 5.54 Å². The average molecular weight is 753 g/mol. The fourth-order valence-corrected chi connectivity index (χ4v) is 5.61. The molecule has 3 atom stereocenters. The Morgan fingerprint density at radius 2 is 1.58 bits per heavy atom. The summed E-state index contributed by atoms with van der Waals surface area (Å²) < 4.78 is 43.6. The van der Waals surface area contributed by atoms with Crippen LogP contribution in [0.5, 0.6) is 6.01 Å². The number of hydrogen-bond acceptors (Lipinski definition) is 10. The van der Waals surface area contributed by atoms with Gasteiger partial charge in [-0.25, -0.2) is 4.79 Å². The molecule has 2 aliphatic carbocycles. The number of carbonyl (C=O) groups excluding carboxylic acids is 3. The molecule has 0 saturated heterocycles. The first-order valence-electron chi connectivity index (χ1n) is 16.3. The smallest absolute Gasteiger partial charge is 0.422 e. The number of aromatic nitrogens is 3. The summed E-state index contributed by atoms with van der Waals surface area (Å²) in [7, 11) is 0. The number of carbonyl (C=O) groups is 4. The number of aliphatic carboxylic acids is 1. The van der Waals surface area contributed by atoms with Crippen molar-refractivity contribution < 1.29 is 42.2 Å². The van der Waals surface area contributed by atoms with Crippen LogP contribution in [0, 0.1) is 0 Å². The highest BCUT2D eigenvalue weighted by atomic mass is 35.5. The van der Waals surface area contributed by atoms with Crippen molar-refractivity contribution in [1.82, 2.24) is 30.9 Å². The topological polar surface area (TPSA) is 197 Å². The minimum atomic E-state index is -4.64. The zero-order valence-corrected chi connectivity index (χ0v) is 28.4. The van der Waals surface area contributed by atoms with Crippen LogP contribution in [0.25, 0.3) is 0 Å². The number of ether oxygens (including phenoxy) is 1. The molecule has 0 unspecified atom stereocenters. The summed E-state index contributed by atoms with van der Waals surface area (Å²) in [5.41, 5.74) is 1.71. The van der Waals surface area contributed by atoms with E-state index in [1.54, 1.807) is 12.1 Å². The van der Waals surface area contributed by atoms with Crippen LogP contribution in [0.4, 0.5) is 30.8 Å². The van der Waals surface area contributed by atoms with Crippen LogP contribution < -0.4 is 31.3 Å². The van der Waals surface area contributed by atoms with Gasteiger partial charge in [-0.1, -0.05) is 54.1 Å². The highest BCUT2D eigenvalue weighted by molar-refractivity contribution is 6.35. The Hall–Kier alpha value is -5.97. The number of rotatable bonds is 14. The lowest BCUT2D eigenvalue weighted by molar-refractivity contribution is -0.154. The molecule has 53 heavy (non-hydrogen) atoms. The molecule has 0 aliphatic heterocycles. The maximum absolute atomic E-state index is 12.9. The Kier molecular flexibility index (Phi) is 10.6. The van der Waals surface area contributed by atoms with Gasteiger partial charge in [-0.3, -0.25) is 14.4 Å². The molecule has 14 nitrogen and oxygen atoms in total. The molecule has 6 N–H and O–H groups in total. The lowest BCUT2D eigenvalue weighted by Crippen LogP contribution is -2.51. The van der Waals surface area contributed by atoms with E-state index in [-0.39, 0.29) is 29.4 Å². The number of anilines is 3. The highest BCUT2D eigenvalue weighted by Crippen LogP contribution is 2.48. The number of alkyl halides is 3. The fourth-order valence-electron chi connectivity index (χ4n) is 5.48. The third kappa shape index (κ3) is 9.88. The quantitative estimate of drug-likeness (QED) is 0.101. The fraction of sp³-hybridized carbons (Fsp3) is 0.286. The molecule has 4 aromatic rings. The van der Waals surface area contributed by atoms with Crippen LogP contribution in [0.1, 0.15) is 46.7 Å². The van der Waals surface area contributed by atoms with Crippen LogP contribution in [-0.2, 0) is 19.9 Å². The third-order valence-corrected chi connectivity index (χ3v) is 8.74. The van der Waals surface area contributed by atoms with E-state index in [1.807, 2.05) is 42.5 Å². The molecule has 18 heteroatoms. The maximum atomic E-state index is 12.9. The molecule has 3 aromatic carbocycles. The molecule has 276 valence electrons. The van der Waals surface area contributed by atoms with Gasteiger partial charge in [-0.2, -0.15) is 28.1 Å². The van der Waals surface area contributed by atoms with E-state index in [9.17, 15) is 37.5 Å². The summed E-state index contributed by atoms with van der Waals surface area (Å²) in [5.74, 6) is -4.32. The van der Waals surface area contributed by atoms with Gasteiger partial charge < -0.3 is 36.4 Å². The number of carboxylic acid groups (broad SMARTS) is 1. The summed E-state index contributed by atoms with van der Waals surface area (Å²) in [6.07, 6.45) is -2.58. The second-order valence-corrected chi connectivity index (χ2v) is 12.9. The molecule has 1 heterocycles. The van der Waals surface area contributed by atoms with Crippen molar-refractivity contribution in [2.24, 2.45) is 0 Å². The van der Waals surface area contributed by atoms with E-state index in [1.165, 1.54) is 24.3 Å². The summed E-state index contributed by atoms with van der Waals surface area (Å²) in [4.78, 5) is 61.8. The molecule has 0 spiro atoms. The zero-order valence-electron chi connectivity index (χ0n) is 27.6. The summed E-state index contributed by atoms with van der Waals surface area (Å²) in [5, 5.41) is 23.4. The maximum Gasteiger partial charge on any atom is 0.422 e. The second kappa shape index (κ2) is 15.3. The number of amides is 3. The highest BCUT2D eigenvalue weighted by Gasteiger charge is 2.45. The first-order chi connectivity index (χ1) is 25.3. The average Bonchev–Trinajstić information content (AvgIpc) is 4.07. The molecule has 2 saturated carbocycles. The third-order valence-electron chi connectivity index (χ3n) is 8.49. The number of nitrogens with one attached hydrogen (secondary N) is 5. The number of nitrogens with zero attached hydrogens (tertiary/aromatic N) is 3. The summed E-state index contributed by atoms with van der Waals surface area (Å²) in [6.45, 7) is -2.20. The monoisotopic (exact) mass is 752 g/mol. The van der Waals surface area contributed by atoms with E-state index >= 15 is 0 Å². The molecule has 1 aromatic heterocycles. The predicted molar refractivity (Wildman–Crippen MR) is 185 cm³/mol. The first kappa shape index (κ1) is 36.8. The SMILES string of the molecule is O=C(NC[C@H](NC(=O)c1ccc(Nc2nc(NC3(c4ccc(Cl)cc4)CC3)nc(OCC(F)(F)F)n2)cc1)C(=O)O)C(=O)N[C@@H]1C[C@H]1c1ccccc1. The normalized spacial score (nSPS) is 17.4. The Balaban J connectivity index is 1.05.